The number of benzene rings is 1. The molecule has 0 atom stereocenters. The Morgan fingerprint density at radius 1 is 1.25 bits per heavy atom. The van der Waals surface area contributed by atoms with Crippen molar-refractivity contribution in [3.8, 4) is 0 Å². The molecule has 1 aromatic rings. The van der Waals surface area contributed by atoms with Crippen molar-refractivity contribution in [3.63, 3.8) is 0 Å². The summed E-state index contributed by atoms with van der Waals surface area (Å²) in [5, 5.41) is 0. The standard InChI is InChI=1S/C15H24FN3S/c1-4-7-19(9-8-18(2)3)11-13-6-5-12(15(17)20)10-14(13)16/h5-6,10H,4,7-9,11H2,1-3H3,(H2,17,20). The molecule has 112 valence electrons. The quantitative estimate of drug-likeness (QED) is 0.746. The first-order chi connectivity index (χ1) is 9.43. The van der Waals surface area contributed by atoms with Crippen LogP contribution in [0.25, 0.3) is 0 Å². The zero-order valence-electron chi connectivity index (χ0n) is 12.5. The van der Waals surface area contributed by atoms with Gasteiger partial charge in [-0.2, -0.15) is 0 Å². The predicted octanol–water partition coefficient (Wildman–Crippen LogP) is 2.23. The molecule has 0 aromatic heterocycles. The van der Waals surface area contributed by atoms with Crippen LogP contribution < -0.4 is 5.73 Å². The van der Waals surface area contributed by atoms with Crippen molar-refractivity contribution in [2.45, 2.75) is 19.9 Å². The average Bonchev–Trinajstić information content (AvgIpc) is 2.38. The third kappa shape index (κ3) is 5.53. The first-order valence-corrected chi connectivity index (χ1v) is 7.30. The fourth-order valence-electron chi connectivity index (χ4n) is 2.00. The van der Waals surface area contributed by atoms with Crippen molar-refractivity contribution in [1.29, 1.82) is 0 Å². The smallest absolute Gasteiger partial charge is 0.128 e. The molecular formula is C15H24FN3S. The molecule has 0 saturated carbocycles. The van der Waals surface area contributed by atoms with Gasteiger partial charge in [0.1, 0.15) is 10.8 Å². The van der Waals surface area contributed by atoms with E-state index in [2.05, 4.69) is 16.7 Å². The second-order valence-electron chi connectivity index (χ2n) is 5.25. The van der Waals surface area contributed by atoms with Crippen LogP contribution in [0, 0.1) is 5.82 Å². The summed E-state index contributed by atoms with van der Waals surface area (Å²) in [4.78, 5) is 4.63. The van der Waals surface area contributed by atoms with E-state index in [-0.39, 0.29) is 10.8 Å². The Bertz CT molecular complexity index is 449. The molecule has 0 unspecified atom stereocenters. The second kappa shape index (κ2) is 8.29. The van der Waals surface area contributed by atoms with E-state index in [1.54, 1.807) is 12.1 Å². The van der Waals surface area contributed by atoms with Gasteiger partial charge in [0.25, 0.3) is 0 Å². The molecule has 1 rings (SSSR count). The van der Waals surface area contributed by atoms with E-state index >= 15 is 0 Å². The van der Waals surface area contributed by atoms with Gasteiger partial charge < -0.3 is 10.6 Å². The highest BCUT2D eigenvalue weighted by atomic mass is 32.1. The number of thiocarbonyl (C=S) groups is 1. The third-order valence-corrected chi connectivity index (χ3v) is 3.37. The maximum Gasteiger partial charge on any atom is 0.128 e. The second-order valence-corrected chi connectivity index (χ2v) is 5.69. The van der Waals surface area contributed by atoms with Gasteiger partial charge in [-0.15, -0.1) is 0 Å². The summed E-state index contributed by atoms with van der Waals surface area (Å²) >= 11 is 4.86. The first-order valence-electron chi connectivity index (χ1n) is 6.89. The van der Waals surface area contributed by atoms with Crippen LogP contribution in [0.5, 0.6) is 0 Å². The van der Waals surface area contributed by atoms with Crippen molar-refractivity contribution in [2.24, 2.45) is 5.73 Å². The Labute approximate surface area is 126 Å². The number of halogens is 1. The molecule has 0 bridgehead atoms. The van der Waals surface area contributed by atoms with E-state index in [0.717, 1.165) is 26.1 Å². The molecule has 3 nitrogen and oxygen atoms in total. The van der Waals surface area contributed by atoms with Crippen LogP contribution in [0.15, 0.2) is 18.2 Å². The van der Waals surface area contributed by atoms with Crippen molar-refractivity contribution in [2.75, 3.05) is 33.7 Å². The Balaban J connectivity index is 2.74. The summed E-state index contributed by atoms with van der Waals surface area (Å²) in [6.07, 6.45) is 1.06. The number of likely N-dealkylation sites (N-methyl/N-ethyl adjacent to an activating group) is 1. The van der Waals surface area contributed by atoms with Crippen molar-refractivity contribution >= 4 is 17.2 Å². The highest BCUT2D eigenvalue weighted by Gasteiger charge is 2.10. The van der Waals surface area contributed by atoms with E-state index in [1.807, 2.05) is 14.1 Å². The van der Waals surface area contributed by atoms with E-state index in [1.165, 1.54) is 6.07 Å². The topological polar surface area (TPSA) is 32.5 Å². The molecule has 5 heteroatoms. The lowest BCUT2D eigenvalue weighted by atomic mass is 10.1. The molecule has 2 N–H and O–H groups in total. The maximum atomic E-state index is 14.1. The van der Waals surface area contributed by atoms with E-state index in [0.29, 0.717) is 17.7 Å². The maximum absolute atomic E-state index is 14.1. The first kappa shape index (κ1) is 17.0. The van der Waals surface area contributed by atoms with Gasteiger partial charge in [0.05, 0.1) is 0 Å². The minimum atomic E-state index is -0.235. The average molecular weight is 297 g/mol. The summed E-state index contributed by atoms with van der Waals surface area (Å²) in [5.41, 5.74) is 6.78. The molecule has 0 heterocycles. The zero-order chi connectivity index (χ0) is 15.1. The number of nitrogens with zero attached hydrogens (tertiary/aromatic N) is 2. The fraction of sp³-hybridized carbons (Fsp3) is 0.533. The van der Waals surface area contributed by atoms with Crippen LogP contribution >= 0.6 is 12.2 Å². The Morgan fingerprint density at radius 3 is 2.45 bits per heavy atom. The van der Waals surface area contributed by atoms with Crippen LogP contribution in [-0.4, -0.2) is 48.5 Å². The largest absolute Gasteiger partial charge is 0.389 e. The summed E-state index contributed by atoms with van der Waals surface area (Å²) < 4.78 is 14.1. The van der Waals surface area contributed by atoms with Gasteiger partial charge in [0, 0.05) is 30.8 Å². The molecule has 0 spiro atoms. The highest BCUT2D eigenvalue weighted by Crippen LogP contribution is 2.13. The van der Waals surface area contributed by atoms with Crippen LogP contribution in [0.1, 0.15) is 24.5 Å². The SMILES string of the molecule is CCCN(CCN(C)C)Cc1ccc(C(N)=S)cc1F. The van der Waals surface area contributed by atoms with Gasteiger partial charge in [-0.3, -0.25) is 4.90 Å². The summed E-state index contributed by atoms with van der Waals surface area (Å²) in [5.74, 6) is -0.235. The van der Waals surface area contributed by atoms with Crippen molar-refractivity contribution in [3.05, 3.63) is 35.1 Å². The minimum absolute atomic E-state index is 0.230. The number of rotatable bonds is 8. The number of nitrogens with two attached hydrogens (primary N) is 1. The molecule has 0 aliphatic rings. The molecule has 20 heavy (non-hydrogen) atoms. The predicted molar refractivity (Wildman–Crippen MR) is 86.4 cm³/mol. The lowest BCUT2D eigenvalue weighted by Gasteiger charge is -2.24. The van der Waals surface area contributed by atoms with E-state index in [9.17, 15) is 4.39 Å². The van der Waals surface area contributed by atoms with Crippen molar-refractivity contribution < 1.29 is 4.39 Å². The molecule has 0 radical (unpaired) electrons. The lowest BCUT2D eigenvalue weighted by molar-refractivity contribution is 0.231. The Kier molecular flexibility index (Phi) is 7.05. The summed E-state index contributed by atoms with van der Waals surface area (Å²) in [7, 11) is 4.09. The molecule has 1 aromatic carbocycles. The van der Waals surface area contributed by atoms with Crippen LogP contribution in [0.2, 0.25) is 0 Å². The monoisotopic (exact) mass is 297 g/mol. The van der Waals surface area contributed by atoms with E-state index < -0.39 is 0 Å². The van der Waals surface area contributed by atoms with Crippen LogP contribution in [0.4, 0.5) is 4.39 Å². The Morgan fingerprint density at radius 2 is 1.95 bits per heavy atom. The number of hydrogen-bond acceptors (Lipinski definition) is 3. The van der Waals surface area contributed by atoms with Crippen LogP contribution in [0.3, 0.4) is 0 Å². The molecule has 0 saturated heterocycles. The van der Waals surface area contributed by atoms with Crippen LogP contribution in [-0.2, 0) is 6.54 Å². The molecular weight excluding hydrogens is 273 g/mol. The molecule has 0 aliphatic carbocycles. The summed E-state index contributed by atoms with van der Waals surface area (Å²) in [6, 6.07) is 4.99. The van der Waals surface area contributed by atoms with Gasteiger partial charge in [-0.05, 0) is 33.1 Å². The van der Waals surface area contributed by atoms with E-state index in [4.69, 9.17) is 18.0 Å². The zero-order valence-corrected chi connectivity index (χ0v) is 13.3. The molecule has 0 amide bonds. The normalized spacial score (nSPS) is 11.3. The van der Waals surface area contributed by atoms with Gasteiger partial charge in [-0.25, -0.2) is 4.39 Å². The molecule has 0 fully saturated rings. The molecule has 0 aliphatic heterocycles. The summed E-state index contributed by atoms with van der Waals surface area (Å²) in [6.45, 7) is 5.61. The van der Waals surface area contributed by atoms with Gasteiger partial charge >= 0.3 is 0 Å². The Hall–Kier alpha value is -1.04. The lowest BCUT2D eigenvalue weighted by Crippen LogP contribution is -2.32. The van der Waals surface area contributed by atoms with Gasteiger partial charge in [0.2, 0.25) is 0 Å². The minimum Gasteiger partial charge on any atom is -0.389 e. The van der Waals surface area contributed by atoms with Gasteiger partial charge in [-0.1, -0.05) is 31.3 Å². The number of hydrogen-bond donors (Lipinski definition) is 1. The van der Waals surface area contributed by atoms with Crippen molar-refractivity contribution in [1.82, 2.24) is 9.80 Å². The fourth-order valence-corrected chi connectivity index (χ4v) is 2.12. The third-order valence-electron chi connectivity index (χ3n) is 3.13. The van der Waals surface area contributed by atoms with Gasteiger partial charge in [0.15, 0.2) is 0 Å². The highest BCUT2D eigenvalue weighted by molar-refractivity contribution is 7.80.